The zero-order valence-corrected chi connectivity index (χ0v) is 12.1. The van der Waals surface area contributed by atoms with E-state index in [1.165, 1.54) is 0 Å². The summed E-state index contributed by atoms with van der Waals surface area (Å²) in [5.74, 6) is 0. The third kappa shape index (κ3) is 5.54. The molecular weight excluding hydrogens is 230 g/mol. The van der Waals surface area contributed by atoms with Crippen LogP contribution in [0.3, 0.4) is 0 Å². The third-order valence-corrected chi connectivity index (χ3v) is 13.5. The second-order valence-electron chi connectivity index (χ2n) is 4.23. The molecule has 0 aliphatic rings. The molecule has 0 saturated heterocycles. The van der Waals surface area contributed by atoms with Crippen LogP contribution in [0.2, 0.25) is 0 Å². The fourth-order valence-electron chi connectivity index (χ4n) is 0.805. The van der Waals surface area contributed by atoms with Crippen LogP contribution >= 0.6 is 7.14 Å². The molecule has 0 spiro atoms. The molecule has 0 unspecified atom stereocenters. The first-order chi connectivity index (χ1) is 5.24. The molecule has 0 radical (unpaired) electrons. The second kappa shape index (κ2) is 4.96. The van der Waals surface area contributed by atoms with Crippen molar-refractivity contribution in [3.05, 3.63) is 0 Å². The molecule has 0 aromatic carbocycles. The average molecular weight is 251 g/mol. The van der Waals surface area contributed by atoms with Crippen LogP contribution in [0.1, 0.15) is 20.8 Å². The van der Waals surface area contributed by atoms with E-state index in [0.717, 1.165) is 0 Å². The van der Waals surface area contributed by atoms with E-state index >= 15 is 0 Å². The molecule has 0 aromatic rings. The van der Waals surface area contributed by atoms with E-state index < -0.39 is 14.6 Å². The van der Waals surface area contributed by atoms with E-state index in [2.05, 4.69) is 56.6 Å². The fraction of sp³-hybridized carbons (Fsp3) is 1.00. The van der Waals surface area contributed by atoms with Gasteiger partial charge in [-0.3, -0.25) is 0 Å². The first kappa shape index (κ1) is 12.9. The molecule has 0 atom stereocenters. The summed E-state index contributed by atoms with van der Waals surface area (Å²) in [6, 6.07) is 0. The topological polar surface area (TPSA) is 6.48 Å². The maximum atomic E-state index is 2.40. The van der Waals surface area contributed by atoms with E-state index in [9.17, 15) is 0 Å². The van der Waals surface area contributed by atoms with Crippen LogP contribution in [-0.2, 0) is 0 Å². The Bertz CT molecular complexity index is 124. The van der Waals surface area contributed by atoms with Gasteiger partial charge < -0.3 is 0 Å². The quantitative estimate of drug-likeness (QED) is 0.558. The third-order valence-electron chi connectivity index (χ3n) is 1.10. The Morgan fingerprint density at radius 2 is 1.25 bits per heavy atom. The van der Waals surface area contributed by atoms with Gasteiger partial charge >= 0.3 is 83.5 Å². The number of nitrogens with zero attached hydrogens (tertiary/aromatic N) is 2. The van der Waals surface area contributed by atoms with Gasteiger partial charge in [0.1, 0.15) is 0 Å². The Kier molecular flexibility index (Phi) is 5.33. The molecule has 0 saturated carbocycles. The summed E-state index contributed by atoms with van der Waals surface area (Å²) in [6.07, 6.45) is 0. The number of hydrogen-bond acceptors (Lipinski definition) is 2. The molecule has 0 N–H and O–H groups in total. The minimum absolute atomic E-state index is 0.439. The van der Waals surface area contributed by atoms with Crippen molar-refractivity contribution in [3.8, 4) is 0 Å². The summed E-state index contributed by atoms with van der Waals surface area (Å²) in [5.41, 5.74) is 0. The summed E-state index contributed by atoms with van der Waals surface area (Å²) in [6.45, 7) is 6.93. The van der Waals surface area contributed by atoms with Crippen molar-refractivity contribution in [1.29, 1.82) is 0 Å². The van der Waals surface area contributed by atoms with Crippen LogP contribution in [0.5, 0.6) is 0 Å². The van der Waals surface area contributed by atoms with Crippen molar-refractivity contribution in [2.75, 3.05) is 28.2 Å². The molecule has 0 aliphatic carbocycles. The van der Waals surface area contributed by atoms with Crippen molar-refractivity contribution >= 4 is 21.8 Å². The normalized spacial score (nSPS) is 14.5. The van der Waals surface area contributed by atoms with Crippen LogP contribution in [0, 0.1) is 0 Å². The van der Waals surface area contributed by atoms with Gasteiger partial charge in [0.2, 0.25) is 0 Å². The molecule has 4 heteroatoms. The Morgan fingerprint density at radius 3 is 1.33 bits per heavy atom. The molecule has 74 valence electrons. The van der Waals surface area contributed by atoms with Gasteiger partial charge in [-0.05, 0) is 0 Å². The SMILES string of the molecule is CN(C)[As]([P-]C(C)(C)C)N(C)C. The minimum atomic E-state index is -0.936. The van der Waals surface area contributed by atoms with Gasteiger partial charge in [0.15, 0.2) is 0 Å². The molecule has 0 aromatic heterocycles. The molecule has 12 heavy (non-hydrogen) atoms. The first-order valence-corrected chi connectivity index (χ1v) is 9.16. The van der Waals surface area contributed by atoms with Gasteiger partial charge in [0.25, 0.3) is 0 Å². The summed E-state index contributed by atoms with van der Waals surface area (Å²) in [4.78, 5) is 0. The monoisotopic (exact) mass is 251 g/mol. The van der Waals surface area contributed by atoms with Crippen LogP contribution in [-0.4, -0.2) is 55.6 Å². The van der Waals surface area contributed by atoms with E-state index in [1.54, 1.807) is 7.14 Å². The molecule has 0 aliphatic heterocycles. The summed E-state index contributed by atoms with van der Waals surface area (Å²) < 4.78 is 4.81. The van der Waals surface area contributed by atoms with Crippen molar-refractivity contribution in [2.45, 2.75) is 25.9 Å². The fourth-order valence-corrected chi connectivity index (χ4v) is 8.83. The van der Waals surface area contributed by atoms with Gasteiger partial charge in [-0.15, -0.1) is 0 Å². The van der Waals surface area contributed by atoms with Crippen molar-refractivity contribution in [1.82, 2.24) is 7.63 Å². The molecule has 0 heterocycles. The van der Waals surface area contributed by atoms with Crippen molar-refractivity contribution < 1.29 is 0 Å². The molecule has 0 amide bonds. The van der Waals surface area contributed by atoms with Gasteiger partial charge in [0.05, 0.1) is 0 Å². The van der Waals surface area contributed by atoms with Gasteiger partial charge in [-0.2, -0.15) is 0 Å². The van der Waals surface area contributed by atoms with E-state index in [0.29, 0.717) is 5.16 Å². The average Bonchev–Trinajstić information content (AvgIpc) is 1.79. The van der Waals surface area contributed by atoms with Gasteiger partial charge in [0, 0.05) is 0 Å². The van der Waals surface area contributed by atoms with E-state index in [1.807, 2.05) is 0 Å². The summed E-state index contributed by atoms with van der Waals surface area (Å²) in [5, 5.41) is 0.439. The van der Waals surface area contributed by atoms with Crippen LogP contribution in [0.25, 0.3) is 0 Å². The Morgan fingerprint density at radius 1 is 0.917 bits per heavy atom. The molecular formula is C8H21AsN2P-. The first-order valence-electron chi connectivity index (χ1n) is 4.11. The predicted molar refractivity (Wildman–Crippen MR) is 59.8 cm³/mol. The molecule has 0 fully saturated rings. The van der Waals surface area contributed by atoms with Crippen molar-refractivity contribution in [2.24, 2.45) is 0 Å². The van der Waals surface area contributed by atoms with Gasteiger partial charge in [-0.25, -0.2) is 0 Å². The summed E-state index contributed by atoms with van der Waals surface area (Å²) >= 11 is -0.936. The number of rotatable bonds is 3. The zero-order chi connectivity index (χ0) is 9.94. The van der Waals surface area contributed by atoms with Crippen LogP contribution in [0.4, 0.5) is 0 Å². The Labute approximate surface area is 83.8 Å². The zero-order valence-electron chi connectivity index (χ0n) is 9.29. The second-order valence-corrected chi connectivity index (χ2v) is 13.4. The molecule has 0 bridgehead atoms. The standard InChI is InChI=1S/C8H21AsN2P/c1-8(2,3)12-9(10(4)5)11(6)7/h1-7H3/q-1. The maximum absolute atomic E-state index is 2.40. The molecule has 0 rings (SSSR count). The Hall–Kier alpha value is 0.908. The van der Waals surface area contributed by atoms with Crippen LogP contribution < -0.4 is 0 Å². The van der Waals surface area contributed by atoms with E-state index in [-0.39, 0.29) is 0 Å². The van der Waals surface area contributed by atoms with E-state index in [4.69, 9.17) is 0 Å². The number of hydrogen-bond donors (Lipinski definition) is 0. The van der Waals surface area contributed by atoms with Gasteiger partial charge in [-0.1, -0.05) is 0 Å². The van der Waals surface area contributed by atoms with Crippen LogP contribution in [0.15, 0.2) is 0 Å². The Balaban J connectivity index is 4.15. The molecule has 2 nitrogen and oxygen atoms in total. The van der Waals surface area contributed by atoms with Crippen molar-refractivity contribution in [3.63, 3.8) is 0 Å². The predicted octanol–water partition coefficient (Wildman–Crippen LogP) is 1.84. The summed E-state index contributed by atoms with van der Waals surface area (Å²) in [7, 11) is 10.4.